The van der Waals surface area contributed by atoms with E-state index in [4.69, 9.17) is 5.73 Å². The average molecular weight is 227 g/mol. The predicted octanol–water partition coefficient (Wildman–Crippen LogP) is 1.46. The molecule has 0 heterocycles. The molecule has 1 aliphatic carbocycles. The third-order valence-corrected chi connectivity index (χ3v) is 3.57. The molecule has 0 saturated heterocycles. The highest BCUT2D eigenvalue weighted by molar-refractivity contribution is 5.74. The number of nitrogens with one attached hydrogen (secondary N) is 2. The lowest BCUT2D eigenvalue weighted by molar-refractivity contribution is 0.230. The van der Waals surface area contributed by atoms with Crippen LogP contribution < -0.4 is 16.4 Å². The maximum absolute atomic E-state index is 11.7. The lowest BCUT2D eigenvalue weighted by atomic mass is 10.1. The molecular formula is C12H25N3O. The summed E-state index contributed by atoms with van der Waals surface area (Å²) in [5.74, 6) is 1.05. The van der Waals surface area contributed by atoms with Crippen LogP contribution in [0.4, 0.5) is 4.79 Å². The van der Waals surface area contributed by atoms with E-state index in [2.05, 4.69) is 24.5 Å². The molecule has 0 spiro atoms. The first-order chi connectivity index (χ1) is 7.52. The molecule has 1 saturated carbocycles. The minimum absolute atomic E-state index is 0.0381. The molecule has 0 bridgehead atoms. The Bertz CT molecular complexity index is 230. The molecule has 0 aromatic carbocycles. The van der Waals surface area contributed by atoms with Crippen LogP contribution in [0.2, 0.25) is 0 Å². The van der Waals surface area contributed by atoms with Crippen LogP contribution in [0.5, 0.6) is 0 Å². The van der Waals surface area contributed by atoms with E-state index in [0.29, 0.717) is 17.9 Å². The Balaban J connectivity index is 2.25. The molecule has 94 valence electrons. The molecule has 0 aliphatic heterocycles. The van der Waals surface area contributed by atoms with E-state index in [1.807, 2.05) is 6.92 Å². The number of carbonyl (C=O) groups is 1. The monoisotopic (exact) mass is 227 g/mol. The molecular weight excluding hydrogens is 202 g/mol. The highest BCUT2D eigenvalue weighted by Gasteiger charge is 2.25. The van der Waals surface area contributed by atoms with Gasteiger partial charge >= 0.3 is 6.03 Å². The van der Waals surface area contributed by atoms with Gasteiger partial charge in [0.15, 0.2) is 0 Å². The first-order valence-electron chi connectivity index (χ1n) is 6.30. The van der Waals surface area contributed by atoms with Crippen molar-refractivity contribution in [2.24, 2.45) is 17.6 Å². The maximum Gasteiger partial charge on any atom is 0.315 e. The van der Waals surface area contributed by atoms with Crippen LogP contribution >= 0.6 is 0 Å². The van der Waals surface area contributed by atoms with Gasteiger partial charge in [-0.05, 0) is 44.6 Å². The fourth-order valence-corrected chi connectivity index (χ4v) is 2.02. The number of carbonyl (C=O) groups excluding carboxylic acids is 1. The van der Waals surface area contributed by atoms with Crippen molar-refractivity contribution in [1.29, 1.82) is 0 Å². The molecule has 4 N–H and O–H groups in total. The van der Waals surface area contributed by atoms with Gasteiger partial charge in [0, 0.05) is 12.1 Å². The van der Waals surface area contributed by atoms with Crippen LogP contribution in [0.3, 0.4) is 0 Å². The Morgan fingerprint density at radius 3 is 2.56 bits per heavy atom. The topological polar surface area (TPSA) is 67.2 Å². The molecule has 4 heteroatoms. The van der Waals surface area contributed by atoms with Crippen LogP contribution in [0, 0.1) is 11.8 Å². The second-order valence-corrected chi connectivity index (χ2v) is 5.26. The lowest BCUT2D eigenvalue weighted by Crippen LogP contribution is -2.46. The molecule has 16 heavy (non-hydrogen) atoms. The van der Waals surface area contributed by atoms with Crippen molar-refractivity contribution in [3.63, 3.8) is 0 Å². The summed E-state index contributed by atoms with van der Waals surface area (Å²) in [5.41, 5.74) is 5.62. The van der Waals surface area contributed by atoms with Gasteiger partial charge < -0.3 is 16.4 Å². The summed E-state index contributed by atoms with van der Waals surface area (Å²) in [5, 5.41) is 5.98. The Morgan fingerprint density at radius 1 is 1.38 bits per heavy atom. The Kier molecular flexibility index (Phi) is 5.06. The fraction of sp³-hybridized carbons (Fsp3) is 0.917. The summed E-state index contributed by atoms with van der Waals surface area (Å²) in [6.45, 7) is 6.97. The summed E-state index contributed by atoms with van der Waals surface area (Å²) in [6, 6.07) is 0.489. The van der Waals surface area contributed by atoms with Gasteiger partial charge in [-0.15, -0.1) is 0 Å². The third-order valence-electron chi connectivity index (χ3n) is 3.57. The predicted molar refractivity (Wildman–Crippen MR) is 66.2 cm³/mol. The smallest absolute Gasteiger partial charge is 0.315 e. The minimum Gasteiger partial charge on any atom is -0.335 e. The van der Waals surface area contributed by atoms with E-state index < -0.39 is 0 Å². The number of rotatable bonds is 4. The largest absolute Gasteiger partial charge is 0.335 e. The fourth-order valence-electron chi connectivity index (χ4n) is 2.02. The molecule has 0 aromatic rings. The molecule has 4 nitrogen and oxygen atoms in total. The Morgan fingerprint density at radius 2 is 2.06 bits per heavy atom. The summed E-state index contributed by atoms with van der Waals surface area (Å²) in [6.07, 6.45) is 3.23. The van der Waals surface area contributed by atoms with Crippen LogP contribution in [0.15, 0.2) is 0 Å². The summed E-state index contributed by atoms with van der Waals surface area (Å²) < 4.78 is 0. The molecule has 3 atom stereocenters. The van der Waals surface area contributed by atoms with E-state index in [9.17, 15) is 4.79 Å². The van der Waals surface area contributed by atoms with Gasteiger partial charge in [-0.25, -0.2) is 4.79 Å². The molecule has 1 rings (SSSR count). The van der Waals surface area contributed by atoms with E-state index >= 15 is 0 Å². The molecule has 0 aromatic heterocycles. The molecule has 2 amide bonds. The zero-order valence-corrected chi connectivity index (χ0v) is 10.6. The molecule has 0 radical (unpaired) electrons. The van der Waals surface area contributed by atoms with Gasteiger partial charge in [0.2, 0.25) is 0 Å². The van der Waals surface area contributed by atoms with Crippen molar-refractivity contribution >= 4 is 6.03 Å². The zero-order valence-electron chi connectivity index (χ0n) is 10.6. The highest BCUT2D eigenvalue weighted by atomic mass is 16.2. The normalized spacial score (nSPS) is 26.8. The zero-order chi connectivity index (χ0) is 12.1. The second kappa shape index (κ2) is 6.09. The van der Waals surface area contributed by atoms with Crippen molar-refractivity contribution in [1.82, 2.24) is 10.6 Å². The van der Waals surface area contributed by atoms with E-state index in [1.165, 1.54) is 0 Å². The average Bonchev–Trinajstić information content (AvgIpc) is 2.65. The van der Waals surface area contributed by atoms with Crippen LogP contribution in [-0.4, -0.2) is 24.7 Å². The van der Waals surface area contributed by atoms with Gasteiger partial charge in [0.25, 0.3) is 0 Å². The number of hydrogen-bond acceptors (Lipinski definition) is 2. The van der Waals surface area contributed by atoms with Crippen molar-refractivity contribution in [3.8, 4) is 0 Å². The Hall–Kier alpha value is -0.770. The van der Waals surface area contributed by atoms with Crippen molar-refractivity contribution < 1.29 is 4.79 Å². The lowest BCUT2D eigenvalue weighted by Gasteiger charge is -2.20. The number of hydrogen-bond donors (Lipinski definition) is 3. The Labute approximate surface area is 98.3 Å². The summed E-state index contributed by atoms with van der Waals surface area (Å²) in [7, 11) is 0. The third kappa shape index (κ3) is 4.00. The quantitative estimate of drug-likeness (QED) is 0.680. The van der Waals surface area contributed by atoms with Gasteiger partial charge in [0.05, 0.1) is 0 Å². The van der Waals surface area contributed by atoms with Gasteiger partial charge in [-0.1, -0.05) is 13.8 Å². The van der Waals surface area contributed by atoms with E-state index in [-0.39, 0.29) is 12.1 Å². The summed E-state index contributed by atoms with van der Waals surface area (Å²) >= 11 is 0. The van der Waals surface area contributed by atoms with E-state index in [1.54, 1.807) is 0 Å². The van der Waals surface area contributed by atoms with Crippen LogP contribution in [0.1, 0.15) is 40.0 Å². The van der Waals surface area contributed by atoms with Gasteiger partial charge in [-0.3, -0.25) is 0 Å². The van der Waals surface area contributed by atoms with Crippen molar-refractivity contribution in [3.05, 3.63) is 0 Å². The van der Waals surface area contributed by atoms with Gasteiger partial charge in [0.1, 0.15) is 0 Å². The number of urea groups is 1. The second-order valence-electron chi connectivity index (χ2n) is 5.26. The molecule has 1 unspecified atom stereocenters. The molecule has 1 fully saturated rings. The first kappa shape index (κ1) is 13.3. The van der Waals surface area contributed by atoms with Crippen LogP contribution in [-0.2, 0) is 0 Å². The standard InChI is InChI=1S/C12H25N3O/c1-8(2)9(3)14-12(16)15-11-5-4-10(6-11)7-13/h8-11H,4-7,13H2,1-3H3,(H2,14,15,16)/t9?,10-,11+/m0/s1. The number of nitrogens with two attached hydrogens (primary N) is 1. The van der Waals surface area contributed by atoms with Crippen molar-refractivity contribution in [2.75, 3.05) is 6.54 Å². The highest BCUT2D eigenvalue weighted by Crippen LogP contribution is 2.24. The maximum atomic E-state index is 11.7. The van der Waals surface area contributed by atoms with Crippen LogP contribution in [0.25, 0.3) is 0 Å². The summed E-state index contributed by atoms with van der Waals surface area (Å²) in [4.78, 5) is 11.7. The first-order valence-corrected chi connectivity index (χ1v) is 6.30. The van der Waals surface area contributed by atoms with E-state index in [0.717, 1.165) is 25.8 Å². The van der Waals surface area contributed by atoms with Gasteiger partial charge in [-0.2, -0.15) is 0 Å². The minimum atomic E-state index is -0.0381. The van der Waals surface area contributed by atoms with Crippen molar-refractivity contribution in [2.45, 2.75) is 52.1 Å². The molecule has 1 aliphatic rings. The number of amides is 2. The SMILES string of the molecule is CC(C)C(C)NC(=O)N[C@@H]1CC[C@H](CN)C1.